The number of imidazole rings is 1. The zero-order valence-corrected chi connectivity index (χ0v) is 22.7. The number of nitrogens with zero attached hydrogens (tertiary/aromatic N) is 3. The topological polar surface area (TPSA) is 142 Å². The lowest BCUT2D eigenvalue weighted by Crippen LogP contribution is -2.17. The molecule has 0 atom stereocenters. The minimum atomic E-state index is -0.650. The smallest absolute Gasteiger partial charge is 0.358 e. The van der Waals surface area contributed by atoms with Gasteiger partial charge in [-0.3, -0.25) is 14.6 Å². The summed E-state index contributed by atoms with van der Waals surface area (Å²) in [5.74, 6) is -2.22. The van der Waals surface area contributed by atoms with Crippen LogP contribution in [0.15, 0.2) is 60.9 Å². The first-order valence-corrected chi connectivity index (χ1v) is 12.2. The van der Waals surface area contributed by atoms with Crippen molar-refractivity contribution in [3.8, 4) is 11.1 Å². The van der Waals surface area contributed by atoms with Crippen molar-refractivity contribution in [1.82, 2.24) is 14.5 Å². The Balaban J connectivity index is 1.57. The molecule has 0 aliphatic rings. The molecule has 2 aromatic carbocycles. The predicted molar refractivity (Wildman–Crippen MR) is 148 cm³/mol. The number of ether oxygens (including phenoxy) is 2. The summed E-state index contributed by atoms with van der Waals surface area (Å²) < 4.78 is 10.7. The summed E-state index contributed by atoms with van der Waals surface area (Å²) >= 11 is 6.71. The highest BCUT2D eigenvalue weighted by Crippen LogP contribution is 2.37. The van der Waals surface area contributed by atoms with Crippen molar-refractivity contribution in [3.05, 3.63) is 94.3 Å². The van der Waals surface area contributed by atoms with Crippen LogP contribution in [0.4, 0.5) is 11.4 Å². The Hall–Kier alpha value is -5.03. The molecule has 0 aliphatic heterocycles. The molecule has 0 aliphatic carbocycles. The number of hydrogen-bond donors (Lipinski definition) is 2. The van der Waals surface area contributed by atoms with Crippen LogP contribution in [-0.2, 0) is 16.5 Å². The van der Waals surface area contributed by atoms with Gasteiger partial charge in [0, 0.05) is 30.7 Å². The Labute approximate surface area is 234 Å². The molecular formula is C28H24ClN5O6. The minimum Gasteiger partial charge on any atom is -0.465 e. The molecule has 2 amide bonds. The quantitative estimate of drug-likeness (QED) is 0.314. The normalized spacial score (nSPS) is 10.5. The van der Waals surface area contributed by atoms with Crippen molar-refractivity contribution in [3.63, 3.8) is 0 Å². The molecule has 40 heavy (non-hydrogen) atoms. The van der Waals surface area contributed by atoms with Crippen LogP contribution >= 0.6 is 11.6 Å². The molecule has 0 bridgehead atoms. The van der Waals surface area contributed by atoms with Crippen LogP contribution in [0.1, 0.15) is 47.5 Å². The second-order valence-corrected chi connectivity index (χ2v) is 8.91. The van der Waals surface area contributed by atoms with E-state index in [9.17, 15) is 19.2 Å². The molecule has 0 spiro atoms. The largest absolute Gasteiger partial charge is 0.465 e. The maximum Gasteiger partial charge on any atom is 0.358 e. The molecule has 0 radical (unpaired) electrons. The lowest BCUT2D eigenvalue weighted by molar-refractivity contribution is 0.0588. The summed E-state index contributed by atoms with van der Waals surface area (Å²) in [5.41, 5.74) is 3.21. The molecule has 4 aromatic rings. The Bertz CT molecular complexity index is 1630. The zero-order valence-electron chi connectivity index (χ0n) is 21.9. The second kappa shape index (κ2) is 11.8. The number of aryl methyl sites for hydroxylation is 1. The Morgan fingerprint density at radius 3 is 2.12 bits per heavy atom. The predicted octanol–water partition coefficient (Wildman–Crippen LogP) is 4.52. The van der Waals surface area contributed by atoms with E-state index in [0.29, 0.717) is 22.5 Å². The summed E-state index contributed by atoms with van der Waals surface area (Å²) in [5, 5.41) is 5.84. The molecular weight excluding hydrogens is 538 g/mol. The van der Waals surface area contributed by atoms with E-state index in [1.807, 2.05) is 13.0 Å². The molecule has 2 heterocycles. The van der Waals surface area contributed by atoms with Gasteiger partial charge in [0.1, 0.15) is 5.69 Å². The Kier molecular flexibility index (Phi) is 8.25. The van der Waals surface area contributed by atoms with Crippen LogP contribution in [0.25, 0.3) is 11.1 Å². The van der Waals surface area contributed by atoms with E-state index in [1.165, 1.54) is 43.3 Å². The number of amides is 2. The molecule has 204 valence electrons. The number of rotatable bonds is 7. The fourth-order valence-electron chi connectivity index (χ4n) is 3.91. The van der Waals surface area contributed by atoms with Gasteiger partial charge in [0.05, 0.1) is 30.5 Å². The van der Waals surface area contributed by atoms with E-state index in [1.54, 1.807) is 37.4 Å². The molecule has 0 fully saturated rings. The van der Waals surface area contributed by atoms with Crippen molar-refractivity contribution < 1.29 is 28.7 Å². The zero-order chi connectivity index (χ0) is 29.0. The monoisotopic (exact) mass is 561 g/mol. The number of hydrogen-bond acceptors (Lipinski definition) is 8. The second-order valence-electron chi connectivity index (χ2n) is 8.53. The first-order chi connectivity index (χ1) is 19.1. The van der Waals surface area contributed by atoms with E-state index < -0.39 is 23.8 Å². The van der Waals surface area contributed by atoms with E-state index in [2.05, 4.69) is 30.1 Å². The fourth-order valence-corrected chi connectivity index (χ4v) is 4.19. The Morgan fingerprint density at radius 1 is 0.825 bits per heavy atom. The number of aromatic nitrogens is 3. The lowest BCUT2D eigenvalue weighted by atomic mass is 9.98. The third kappa shape index (κ3) is 5.69. The van der Waals surface area contributed by atoms with Crippen LogP contribution in [0.5, 0.6) is 0 Å². The maximum atomic E-state index is 13.0. The number of esters is 2. The van der Waals surface area contributed by atoms with Gasteiger partial charge in [0.15, 0.2) is 11.5 Å². The first-order valence-electron chi connectivity index (χ1n) is 11.8. The highest BCUT2D eigenvalue weighted by Gasteiger charge is 2.20. The van der Waals surface area contributed by atoms with E-state index in [0.717, 1.165) is 5.56 Å². The molecule has 11 nitrogen and oxygen atoms in total. The Morgan fingerprint density at radius 2 is 1.48 bits per heavy atom. The van der Waals surface area contributed by atoms with Gasteiger partial charge >= 0.3 is 11.9 Å². The van der Waals surface area contributed by atoms with Crippen molar-refractivity contribution in [2.45, 2.75) is 6.92 Å². The number of nitrogens with one attached hydrogen (secondary N) is 2. The first kappa shape index (κ1) is 28.0. The van der Waals surface area contributed by atoms with Gasteiger partial charge in [0.2, 0.25) is 0 Å². The molecule has 0 saturated heterocycles. The molecule has 12 heteroatoms. The third-order valence-corrected chi connectivity index (χ3v) is 6.42. The van der Waals surface area contributed by atoms with Crippen molar-refractivity contribution in [1.29, 1.82) is 0 Å². The van der Waals surface area contributed by atoms with E-state index >= 15 is 0 Å². The maximum absolute atomic E-state index is 13.0. The standard InChI is InChI=1S/C28H24ClN5O6/c1-15-17(7-5-9-19(15)32-26(36)24-31-22(14-34(24)2)28(38)40-4)18-8-6-10-20(23(18)29)33-25(35)21-12-11-16(13-30-21)27(37)39-3/h5-14H,1-4H3,(H,32,36)(H,33,35). The molecule has 0 saturated carbocycles. The van der Waals surface area contributed by atoms with E-state index in [4.69, 9.17) is 11.6 Å². The third-order valence-electron chi connectivity index (χ3n) is 6.01. The van der Waals surface area contributed by atoms with Gasteiger partial charge in [-0.15, -0.1) is 0 Å². The van der Waals surface area contributed by atoms with Crippen LogP contribution < -0.4 is 10.6 Å². The van der Waals surface area contributed by atoms with Gasteiger partial charge in [-0.25, -0.2) is 14.6 Å². The number of carbonyl (C=O) groups is 4. The molecule has 2 aromatic heterocycles. The number of pyridine rings is 1. The summed E-state index contributed by atoms with van der Waals surface area (Å²) in [4.78, 5) is 57.3. The van der Waals surface area contributed by atoms with E-state index in [-0.39, 0.29) is 27.8 Å². The van der Waals surface area contributed by atoms with Crippen LogP contribution in [0.2, 0.25) is 5.02 Å². The van der Waals surface area contributed by atoms with Gasteiger partial charge < -0.3 is 24.7 Å². The highest BCUT2D eigenvalue weighted by atomic mass is 35.5. The number of carbonyl (C=O) groups excluding carboxylic acids is 4. The molecule has 2 N–H and O–H groups in total. The van der Waals surface area contributed by atoms with Crippen LogP contribution in [0, 0.1) is 6.92 Å². The number of benzene rings is 2. The fraction of sp³-hybridized carbons (Fsp3) is 0.143. The van der Waals surface area contributed by atoms with Gasteiger partial charge in [-0.2, -0.15) is 0 Å². The number of methoxy groups -OCH3 is 2. The highest BCUT2D eigenvalue weighted by molar-refractivity contribution is 6.36. The summed E-state index contributed by atoms with van der Waals surface area (Å²) in [6, 6.07) is 13.3. The summed E-state index contributed by atoms with van der Waals surface area (Å²) in [6.07, 6.45) is 2.66. The van der Waals surface area contributed by atoms with Crippen molar-refractivity contribution in [2.75, 3.05) is 24.9 Å². The van der Waals surface area contributed by atoms with Gasteiger partial charge in [-0.1, -0.05) is 35.9 Å². The SMILES string of the molecule is COC(=O)c1ccc(C(=O)Nc2cccc(-c3cccc(NC(=O)c4nc(C(=O)OC)cn4C)c3C)c2Cl)nc1. The molecule has 4 rings (SSSR count). The number of anilines is 2. The van der Waals surface area contributed by atoms with Crippen molar-refractivity contribution >= 4 is 46.7 Å². The van der Waals surface area contributed by atoms with Gasteiger partial charge in [-0.05, 0) is 42.3 Å². The van der Waals surface area contributed by atoms with Gasteiger partial charge in [0.25, 0.3) is 11.8 Å². The lowest BCUT2D eigenvalue weighted by Gasteiger charge is -2.16. The summed E-state index contributed by atoms with van der Waals surface area (Å²) in [6.45, 7) is 1.82. The average molecular weight is 562 g/mol. The number of halogens is 1. The average Bonchev–Trinajstić information content (AvgIpc) is 3.36. The minimum absolute atomic E-state index is 0.0147. The molecule has 0 unspecified atom stereocenters. The van der Waals surface area contributed by atoms with Crippen LogP contribution in [0.3, 0.4) is 0 Å². The van der Waals surface area contributed by atoms with Crippen LogP contribution in [-0.4, -0.2) is 52.5 Å². The van der Waals surface area contributed by atoms with Crippen molar-refractivity contribution in [2.24, 2.45) is 7.05 Å². The summed E-state index contributed by atoms with van der Waals surface area (Å²) in [7, 11) is 4.09.